The van der Waals surface area contributed by atoms with E-state index in [9.17, 15) is 78.3 Å². The molecule has 2 aliphatic rings. The number of ether oxygens (including phenoxy) is 3. The van der Waals surface area contributed by atoms with Crippen molar-refractivity contribution in [2.75, 3.05) is 52.9 Å². The smallest absolute Gasteiger partial charge is 0.334 e. The molecule has 32 nitrogen and oxygen atoms in total. The zero-order valence-electron chi connectivity index (χ0n) is 55.2. The molecule has 0 saturated carbocycles. The number of imide groups is 4. The quantitative estimate of drug-likeness (QED) is 0.00722. The highest BCUT2D eigenvalue weighted by molar-refractivity contribution is 6.97. The number of para-hydroxylation sites is 4. The van der Waals surface area contributed by atoms with Gasteiger partial charge in [0.2, 0.25) is 6.08 Å². The lowest BCUT2D eigenvalue weighted by atomic mass is 10.2. The van der Waals surface area contributed by atoms with Gasteiger partial charge >= 0.3 is 52.2 Å². The topological polar surface area (TPSA) is 450 Å². The van der Waals surface area contributed by atoms with Crippen molar-refractivity contribution in [1.82, 2.24) is 30.7 Å². The van der Waals surface area contributed by atoms with Crippen LogP contribution in [0.25, 0.3) is 0 Å². The Labute approximate surface area is 584 Å². The Kier molecular flexibility index (Phi) is 45.5. The minimum absolute atomic E-state index is 0.0872. The molecule has 34 heteroatoms. The summed E-state index contributed by atoms with van der Waals surface area (Å²) in [7, 11) is 4.79. The maximum Gasteiger partial charge on any atom is 0.334 e. The van der Waals surface area contributed by atoms with Crippen molar-refractivity contribution in [2.45, 2.75) is 47.3 Å². The van der Waals surface area contributed by atoms with Gasteiger partial charge in [0.1, 0.15) is 17.2 Å². The molecule has 2 aliphatic heterocycles. The number of anilines is 1. The second-order valence-electron chi connectivity index (χ2n) is 18.4. The number of nitrogen functional groups attached to an aromatic ring is 1. The molecule has 7 aromatic rings. The van der Waals surface area contributed by atoms with E-state index in [0.717, 1.165) is 55.1 Å². The minimum Gasteiger partial charge on any atom is -0.497 e. The molecular weight excluding hydrogens is 1350 g/mol. The summed E-state index contributed by atoms with van der Waals surface area (Å²) in [6.45, 7) is 9.86. The maximum atomic E-state index is 11.9. The molecule has 0 radical (unpaired) electrons. The number of hydrogen-bond acceptors (Lipinski definition) is 23. The monoisotopic (exact) mass is 1420 g/mol. The molecule has 9 rings (SSSR count). The standard InChI is InChI=1S/C13H14N2O4.C11H16N2O2.C9H9NO2.C6H8N2.3C6H5NO2.C5H6N2O3.C2Cl2O2.C2H7N/c1-3-14-11(16)12(17)15(13(14)18)8-9-4-6-10(19-2)7-5-9;1-3-12-11(14)13-8-9-4-6-10(15-2)7-5-9;1-12-9-4-2-8(3-5-9)6-10-7-11;7-8-6-4-2-1-3-5-6;3*8-7(9)6-4-2-1-3-5-6;1-2-7-4(9)3(8)6-5(7)10;3-1(5)2(4)6;1-2-3/h4-7H,3,8H2,1-2H3;4-7H,3,8H2,1-2H3,(H2,12,13,14);2-5H,6H2,1H3;1-5,8H,7H2;3*1-5H;2H2,1H3,(H,6,8,10);;2-3H2,1H3. The summed E-state index contributed by atoms with van der Waals surface area (Å²) in [5, 5.41) is 35.0. The van der Waals surface area contributed by atoms with Gasteiger partial charge in [0.15, 0.2) is 0 Å². The summed E-state index contributed by atoms with van der Waals surface area (Å²) < 4.78 is 15.0. The number of rotatable bonds is 17. The molecule has 532 valence electrons. The van der Waals surface area contributed by atoms with E-state index in [2.05, 4.69) is 44.3 Å². The Morgan fingerprint density at radius 3 is 1.13 bits per heavy atom. The zero-order chi connectivity index (χ0) is 75.4. The third kappa shape index (κ3) is 36.5. The average molecular weight is 1430 g/mol. The zero-order valence-corrected chi connectivity index (χ0v) is 56.7. The lowest BCUT2D eigenvalue weighted by Crippen LogP contribution is -2.34. The predicted molar refractivity (Wildman–Crippen MR) is 371 cm³/mol. The fourth-order valence-electron chi connectivity index (χ4n) is 6.79. The number of halogens is 2. The fourth-order valence-corrected chi connectivity index (χ4v) is 6.79. The number of carbonyl (C=O) groups is 9. The van der Waals surface area contributed by atoms with Crippen molar-refractivity contribution in [2.24, 2.45) is 16.6 Å². The fraction of sp³-hybridized carbons (Fsp3) is 0.212. The van der Waals surface area contributed by atoms with Crippen LogP contribution in [-0.4, -0.2) is 135 Å². The van der Waals surface area contributed by atoms with Gasteiger partial charge in [-0.1, -0.05) is 116 Å². The van der Waals surface area contributed by atoms with E-state index in [-0.39, 0.29) is 42.7 Å². The van der Waals surface area contributed by atoms with E-state index in [4.69, 9.17) is 25.8 Å². The number of nitrogens with zero attached hydrogens (tertiary/aromatic N) is 7. The van der Waals surface area contributed by atoms with E-state index < -0.39 is 60.9 Å². The molecule has 2 saturated heterocycles. The highest BCUT2D eigenvalue weighted by Gasteiger charge is 2.43. The number of nitro benzene ring substituents is 3. The molecule has 100 heavy (non-hydrogen) atoms. The molecule has 0 unspecified atom stereocenters. The van der Waals surface area contributed by atoms with Crippen LogP contribution in [0.4, 0.5) is 37.1 Å². The third-order valence-electron chi connectivity index (χ3n) is 11.6. The second kappa shape index (κ2) is 51.9. The van der Waals surface area contributed by atoms with Crippen LogP contribution in [0.5, 0.6) is 17.2 Å². The number of amides is 10. The minimum atomic E-state index is -1.14. The van der Waals surface area contributed by atoms with E-state index >= 15 is 0 Å². The van der Waals surface area contributed by atoms with Gasteiger partial charge < -0.3 is 36.0 Å². The Hall–Kier alpha value is -12.4. The van der Waals surface area contributed by atoms with Crippen LogP contribution < -0.4 is 47.2 Å². The number of methoxy groups -OCH3 is 3. The number of carbonyl (C=O) groups excluding carboxylic acids is 10. The first kappa shape index (κ1) is 87.6. The van der Waals surface area contributed by atoms with Crippen LogP contribution >= 0.6 is 23.2 Å². The summed E-state index contributed by atoms with van der Waals surface area (Å²) in [6, 6.07) is 54.0. The van der Waals surface area contributed by atoms with Gasteiger partial charge in [0.05, 0.1) is 49.2 Å². The number of urea groups is 3. The summed E-state index contributed by atoms with van der Waals surface area (Å²) in [5.74, 6) is 4.26. The SMILES string of the molecule is CCN.CCN1C(=O)C(=O)N(Cc2ccc(OC)cc2)C1=O.CCN1C(=O)NC(=O)C1=O.CCNC(=O)NCc1ccc(OC)cc1.COc1ccc(CN=C=O)cc1.NNc1ccccc1.O=C(Cl)C(=O)Cl.O=[N+]([O-])c1ccccc1.O=[N+]([O-])c1ccccc1.O=[N+]([O-])c1ccccc1. The normalized spacial score (nSPS) is 10.9. The van der Waals surface area contributed by atoms with E-state index in [1.165, 1.54) is 42.5 Å². The number of hydrogen-bond donors (Lipinski definition) is 6. The van der Waals surface area contributed by atoms with Crippen LogP contribution in [0, 0.1) is 30.3 Å². The Balaban J connectivity index is 0.00000112. The number of nitrogens with one attached hydrogen (secondary N) is 4. The largest absolute Gasteiger partial charge is 0.497 e. The van der Waals surface area contributed by atoms with Crippen LogP contribution in [0.15, 0.2) is 199 Å². The highest BCUT2D eigenvalue weighted by Crippen LogP contribution is 2.19. The van der Waals surface area contributed by atoms with Crippen molar-refractivity contribution in [3.05, 3.63) is 241 Å². The molecule has 0 spiro atoms. The van der Waals surface area contributed by atoms with Crippen LogP contribution in [0.1, 0.15) is 44.4 Å². The second-order valence-corrected chi connectivity index (χ2v) is 19.1. The molecule has 0 atom stereocenters. The van der Waals surface area contributed by atoms with Gasteiger partial charge in [-0.2, -0.15) is 0 Å². The van der Waals surface area contributed by atoms with Gasteiger partial charge in [0.25, 0.3) is 17.1 Å². The van der Waals surface area contributed by atoms with Crippen LogP contribution in [0.2, 0.25) is 0 Å². The van der Waals surface area contributed by atoms with Gasteiger partial charge in [0, 0.05) is 68.3 Å². The number of non-ortho nitro benzene ring substituents is 3. The van der Waals surface area contributed by atoms with Crippen molar-refractivity contribution in [3.8, 4) is 17.2 Å². The molecule has 0 bridgehead atoms. The third-order valence-corrected chi connectivity index (χ3v) is 12.0. The first-order chi connectivity index (χ1) is 47.8. The van der Waals surface area contributed by atoms with Crippen LogP contribution in [-0.2, 0) is 53.2 Å². The molecular formula is C66H75Cl2N13O19. The Bertz CT molecular complexity index is 3590. The maximum absolute atomic E-state index is 11.9. The lowest BCUT2D eigenvalue weighted by Gasteiger charge is -2.14. The Morgan fingerprint density at radius 2 is 0.870 bits per heavy atom. The molecule has 0 aliphatic carbocycles. The molecule has 10 amide bonds. The summed E-state index contributed by atoms with van der Waals surface area (Å²) >= 11 is 8.98. The van der Waals surface area contributed by atoms with Gasteiger partial charge in [-0.3, -0.25) is 85.0 Å². The lowest BCUT2D eigenvalue weighted by molar-refractivity contribution is -0.385. The number of nitro groups is 3. The molecule has 2 fully saturated rings. The highest BCUT2D eigenvalue weighted by atomic mass is 35.5. The van der Waals surface area contributed by atoms with Crippen molar-refractivity contribution >= 4 is 104 Å². The van der Waals surface area contributed by atoms with Gasteiger partial charge in [-0.05, 0) is 116 Å². The number of hydrazine groups is 1. The molecule has 2 heterocycles. The number of nitrogens with two attached hydrogens (primary N) is 2. The summed E-state index contributed by atoms with van der Waals surface area (Å²) in [5.41, 5.74) is 11.5. The van der Waals surface area contributed by atoms with Crippen LogP contribution in [0.3, 0.4) is 0 Å². The number of benzene rings is 7. The van der Waals surface area contributed by atoms with Gasteiger partial charge in [-0.15, -0.1) is 0 Å². The number of isocyanates is 1. The molecule has 0 aromatic heterocycles. The van der Waals surface area contributed by atoms with Crippen molar-refractivity contribution in [1.29, 1.82) is 0 Å². The van der Waals surface area contributed by atoms with E-state index in [1.54, 1.807) is 114 Å². The first-order valence-corrected chi connectivity index (χ1v) is 30.0. The van der Waals surface area contributed by atoms with Gasteiger partial charge in [-0.25, -0.2) is 24.2 Å². The molecule has 7 aromatic carbocycles. The van der Waals surface area contributed by atoms with E-state index in [0.29, 0.717) is 25.4 Å². The summed E-state index contributed by atoms with van der Waals surface area (Å²) in [4.78, 5) is 141. The number of likely N-dealkylation sites (N-methyl/N-ethyl adjacent to an activating group) is 2. The predicted octanol–water partition coefficient (Wildman–Crippen LogP) is 9.37. The van der Waals surface area contributed by atoms with Crippen molar-refractivity contribution in [3.63, 3.8) is 0 Å². The molecule has 8 N–H and O–H groups in total. The Morgan fingerprint density at radius 1 is 0.520 bits per heavy atom. The number of aliphatic imine (C=N–C) groups is 1. The summed E-state index contributed by atoms with van der Waals surface area (Å²) in [6.07, 6.45) is 1.49. The van der Waals surface area contributed by atoms with Crippen molar-refractivity contribution < 1.29 is 76.9 Å². The first-order valence-electron chi connectivity index (χ1n) is 29.3. The van der Waals surface area contributed by atoms with E-state index in [1.807, 2.05) is 98.0 Å². The average Bonchev–Trinajstić information content (AvgIpc) is 1.66.